The summed E-state index contributed by atoms with van der Waals surface area (Å²) in [4.78, 5) is 62.7. The first-order valence-corrected chi connectivity index (χ1v) is 13.5. The smallest absolute Gasteiger partial charge is 0.272 e. The van der Waals surface area contributed by atoms with Gasteiger partial charge in [-0.1, -0.05) is 48.0 Å². The van der Waals surface area contributed by atoms with E-state index in [1.165, 1.54) is 18.6 Å². The molecule has 1 aliphatic rings. The molecule has 0 aromatic carbocycles. The van der Waals surface area contributed by atoms with Crippen molar-refractivity contribution >= 4 is 23.4 Å². The Hall–Kier alpha value is -2.68. The van der Waals surface area contributed by atoms with Crippen molar-refractivity contribution in [2.45, 2.75) is 92.3 Å². The number of hydrogen-bond donors (Lipinski definition) is 1. The van der Waals surface area contributed by atoms with E-state index in [1.54, 1.807) is 4.90 Å². The quantitative estimate of drug-likeness (QED) is 0.402. The van der Waals surface area contributed by atoms with Gasteiger partial charge in [-0.05, 0) is 24.7 Å². The number of ether oxygens (including phenoxy) is 1. The number of amides is 2. The number of nitrogens with zero attached hydrogens (tertiary/aromatic N) is 3. The number of carbonyl (C=O) groups is 4. The normalized spacial score (nSPS) is 20.1. The van der Waals surface area contributed by atoms with Crippen molar-refractivity contribution in [2.75, 3.05) is 13.2 Å². The Balaban J connectivity index is 2.21. The maximum atomic E-state index is 13.8. The third-order valence-electron chi connectivity index (χ3n) is 7.21. The first-order valence-electron chi connectivity index (χ1n) is 13.5. The highest BCUT2D eigenvalue weighted by Gasteiger charge is 2.43. The highest BCUT2D eigenvalue weighted by Crippen LogP contribution is 2.29. The van der Waals surface area contributed by atoms with E-state index < -0.39 is 23.9 Å². The van der Waals surface area contributed by atoms with Gasteiger partial charge < -0.3 is 15.0 Å². The van der Waals surface area contributed by atoms with E-state index in [-0.39, 0.29) is 53.4 Å². The standard InChI is InChI=1S/C28H44N4O5/c1-8-19(7)12-24(33)23-13-20(37-9-2)16-32(23)28(36)21(17(3)4)14-25(34)26(18(5)6)31-27(35)22-15-29-10-11-30-22/h10-11,15,17-21,23,26H,8-9,12-14,16H2,1-7H3,(H,31,35). The van der Waals surface area contributed by atoms with E-state index in [0.717, 1.165) is 6.42 Å². The first-order chi connectivity index (χ1) is 17.5. The molecule has 37 heavy (non-hydrogen) atoms. The van der Waals surface area contributed by atoms with Crippen LogP contribution in [0.25, 0.3) is 0 Å². The molecular formula is C28H44N4O5. The van der Waals surface area contributed by atoms with Gasteiger partial charge in [0.25, 0.3) is 5.91 Å². The molecule has 1 aromatic heterocycles. The van der Waals surface area contributed by atoms with Crippen LogP contribution in [0.5, 0.6) is 0 Å². The molecule has 9 nitrogen and oxygen atoms in total. The van der Waals surface area contributed by atoms with Crippen LogP contribution >= 0.6 is 0 Å². The SMILES string of the molecule is CCOC1CC(C(=O)CC(C)CC)N(C(=O)C(CC(=O)C(NC(=O)c2cnccn2)C(C)C)C(C)C)C1. The summed E-state index contributed by atoms with van der Waals surface area (Å²) in [5.41, 5.74) is 0.124. The van der Waals surface area contributed by atoms with Crippen LogP contribution in [0.2, 0.25) is 0 Å². The number of aromatic nitrogens is 2. The fourth-order valence-corrected chi connectivity index (χ4v) is 4.74. The Morgan fingerprint density at radius 2 is 1.76 bits per heavy atom. The van der Waals surface area contributed by atoms with E-state index in [0.29, 0.717) is 26.0 Å². The molecule has 206 valence electrons. The van der Waals surface area contributed by atoms with Crippen LogP contribution in [0.3, 0.4) is 0 Å². The molecule has 2 heterocycles. The monoisotopic (exact) mass is 516 g/mol. The zero-order valence-electron chi connectivity index (χ0n) is 23.4. The summed E-state index contributed by atoms with van der Waals surface area (Å²) in [6, 6.07) is -1.31. The summed E-state index contributed by atoms with van der Waals surface area (Å²) in [6.45, 7) is 14.4. The lowest BCUT2D eigenvalue weighted by Crippen LogP contribution is -2.48. The Morgan fingerprint density at radius 3 is 2.30 bits per heavy atom. The van der Waals surface area contributed by atoms with Gasteiger partial charge in [-0.3, -0.25) is 24.2 Å². The van der Waals surface area contributed by atoms with Crippen LogP contribution in [-0.2, 0) is 19.1 Å². The number of hydrogen-bond acceptors (Lipinski definition) is 7. The minimum atomic E-state index is -0.777. The number of likely N-dealkylation sites (tertiary alicyclic amines) is 1. The summed E-state index contributed by atoms with van der Waals surface area (Å²) >= 11 is 0. The third kappa shape index (κ3) is 8.42. The second kappa shape index (κ2) is 14.3. The summed E-state index contributed by atoms with van der Waals surface area (Å²) in [6.07, 6.45) is 5.79. The predicted molar refractivity (Wildman–Crippen MR) is 141 cm³/mol. The molecule has 0 aliphatic carbocycles. The third-order valence-corrected chi connectivity index (χ3v) is 7.21. The van der Waals surface area contributed by atoms with Crippen molar-refractivity contribution in [1.82, 2.24) is 20.2 Å². The zero-order chi connectivity index (χ0) is 27.7. The Bertz CT molecular complexity index is 920. The molecule has 0 bridgehead atoms. The van der Waals surface area contributed by atoms with Gasteiger partial charge in [-0.25, -0.2) is 4.98 Å². The van der Waals surface area contributed by atoms with Crippen molar-refractivity contribution in [2.24, 2.45) is 23.7 Å². The summed E-state index contributed by atoms with van der Waals surface area (Å²) in [5.74, 6) is -1.54. The molecule has 5 unspecified atom stereocenters. The van der Waals surface area contributed by atoms with Gasteiger partial charge in [0.05, 0.1) is 24.4 Å². The molecule has 1 saturated heterocycles. The first kappa shape index (κ1) is 30.5. The van der Waals surface area contributed by atoms with Gasteiger partial charge in [-0.15, -0.1) is 0 Å². The number of ketones is 2. The second-order valence-corrected chi connectivity index (χ2v) is 10.8. The predicted octanol–water partition coefficient (Wildman–Crippen LogP) is 3.47. The van der Waals surface area contributed by atoms with Crippen LogP contribution < -0.4 is 5.32 Å². The lowest BCUT2D eigenvalue weighted by molar-refractivity contribution is -0.144. The molecule has 1 aromatic rings. The summed E-state index contributed by atoms with van der Waals surface area (Å²) in [5, 5.41) is 2.77. The highest BCUT2D eigenvalue weighted by molar-refractivity contribution is 5.98. The van der Waals surface area contributed by atoms with Crippen molar-refractivity contribution < 1.29 is 23.9 Å². The van der Waals surface area contributed by atoms with E-state index in [2.05, 4.69) is 15.3 Å². The Morgan fingerprint density at radius 1 is 1.05 bits per heavy atom. The van der Waals surface area contributed by atoms with Gasteiger partial charge in [0.1, 0.15) is 5.69 Å². The van der Waals surface area contributed by atoms with Crippen molar-refractivity contribution in [3.63, 3.8) is 0 Å². The number of nitrogens with one attached hydrogen (secondary N) is 1. The van der Waals surface area contributed by atoms with Crippen molar-refractivity contribution in [3.8, 4) is 0 Å². The van der Waals surface area contributed by atoms with Crippen LogP contribution in [0.15, 0.2) is 18.6 Å². The van der Waals surface area contributed by atoms with Gasteiger partial charge in [-0.2, -0.15) is 0 Å². The van der Waals surface area contributed by atoms with Crippen LogP contribution in [0, 0.1) is 23.7 Å². The fraction of sp³-hybridized carbons (Fsp3) is 0.714. The second-order valence-electron chi connectivity index (χ2n) is 10.8. The molecule has 5 atom stereocenters. The number of rotatable bonds is 14. The largest absolute Gasteiger partial charge is 0.377 e. The van der Waals surface area contributed by atoms with E-state index in [9.17, 15) is 19.2 Å². The Kier molecular flexibility index (Phi) is 11.8. The molecule has 0 saturated carbocycles. The van der Waals surface area contributed by atoms with Gasteiger partial charge in [0, 0.05) is 50.7 Å². The fourth-order valence-electron chi connectivity index (χ4n) is 4.74. The van der Waals surface area contributed by atoms with E-state index >= 15 is 0 Å². The Labute approximate surface area is 221 Å². The van der Waals surface area contributed by atoms with Gasteiger partial charge in [0.2, 0.25) is 5.91 Å². The van der Waals surface area contributed by atoms with Crippen molar-refractivity contribution in [1.29, 1.82) is 0 Å². The topological polar surface area (TPSA) is 119 Å². The molecule has 2 rings (SSSR count). The highest BCUT2D eigenvalue weighted by atomic mass is 16.5. The molecule has 1 N–H and O–H groups in total. The van der Waals surface area contributed by atoms with Gasteiger partial charge in [0.15, 0.2) is 11.6 Å². The molecule has 1 fully saturated rings. The average molecular weight is 517 g/mol. The minimum Gasteiger partial charge on any atom is -0.377 e. The molecule has 0 radical (unpaired) electrons. The molecule has 9 heteroatoms. The molecule has 2 amide bonds. The average Bonchev–Trinajstić information content (AvgIpc) is 3.29. The minimum absolute atomic E-state index is 0.0256. The lowest BCUT2D eigenvalue weighted by atomic mass is 9.85. The number of carbonyl (C=O) groups excluding carboxylic acids is 4. The van der Waals surface area contributed by atoms with Crippen LogP contribution in [0.4, 0.5) is 0 Å². The maximum Gasteiger partial charge on any atom is 0.272 e. The van der Waals surface area contributed by atoms with E-state index in [4.69, 9.17) is 4.74 Å². The maximum absolute atomic E-state index is 13.8. The lowest BCUT2D eigenvalue weighted by Gasteiger charge is -2.31. The van der Waals surface area contributed by atoms with Gasteiger partial charge >= 0.3 is 0 Å². The van der Waals surface area contributed by atoms with Crippen LogP contribution in [-0.4, -0.2) is 69.6 Å². The zero-order valence-corrected chi connectivity index (χ0v) is 23.4. The van der Waals surface area contributed by atoms with Crippen LogP contribution in [0.1, 0.15) is 84.6 Å². The molecule has 1 aliphatic heterocycles. The molecular weight excluding hydrogens is 472 g/mol. The number of Topliss-reactive ketones (excluding diaryl/α,β-unsaturated/α-hetero) is 2. The molecule has 0 spiro atoms. The summed E-state index contributed by atoms with van der Waals surface area (Å²) < 4.78 is 5.80. The van der Waals surface area contributed by atoms with Crippen molar-refractivity contribution in [3.05, 3.63) is 24.3 Å². The van der Waals surface area contributed by atoms with E-state index in [1.807, 2.05) is 48.5 Å². The summed E-state index contributed by atoms with van der Waals surface area (Å²) in [7, 11) is 0.